The minimum absolute atomic E-state index is 0.157. The Morgan fingerprint density at radius 1 is 1.16 bits per heavy atom. The molecule has 2 aliphatic heterocycles. The summed E-state index contributed by atoms with van der Waals surface area (Å²) in [5, 5.41) is 3.33. The largest absolute Gasteiger partial charge is 0.357 e. The highest BCUT2D eigenvalue weighted by molar-refractivity contribution is 7.89. The van der Waals surface area contributed by atoms with Gasteiger partial charge in [-0.05, 0) is 44.4 Å². The minimum atomic E-state index is -4.44. The number of piperidine rings is 2. The zero-order chi connectivity index (χ0) is 18.4. The van der Waals surface area contributed by atoms with Crippen molar-refractivity contribution in [1.82, 2.24) is 14.5 Å². The lowest BCUT2D eigenvalue weighted by molar-refractivity contribution is 0.204. The molecule has 0 aromatic rings. The smallest absolute Gasteiger partial charge is 0.350 e. The fraction of sp³-hybridized carbons (Fsp3) is 0.938. The monoisotopic (exact) mass is 380 g/mol. The van der Waals surface area contributed by atoms with E-state index in [1.54, 1.807) is 0 Å². The zero-order valence-corrected chi connectivity index (χ0v) is 15.9. The van der Waals surface area contributed by atoms with E-state index in [-0.39, 0.29) is 19.0 Å². The molecule has 9 heteroatoms. The molecule has 0 bridgehead atoms. The average molecular weight is 381 g/mol. The van der Waals surface area contributed by atoms with Crippen LogP contribution in [0, 0.1) is 11.8 Å². The quantitative estimate of drug-likeness (QED) is 0.585. The number of aliphatic imine (C=N–C) groups is 1. The van der Waals surface area contributed by atoms with Crippen LogP contribution in [0.2, 0.25) is 0 Å². The highest BCUT2D eigenvalue weighted by Crippen LogP contribution is 2.23. The Balaban J connectivity index is 1.87. The van der Waals surface area contributed by atoms with Gasteiger partial charge < -0.3 is 10.2 Å². The number of rotatable bonds is 5. The summed E-state index contributed by atoms with van der Waals surface area (Å²) in [4.78, 5) is 7.00. The van der Waals surface area contributed by atoms with Gasteiger partial charge in [0.1, 0.15) is 0 Å². The first kappa shape index (κ1) is 20.4. The van der Waals surface area contributed by atoms with Gasteiger partial charge in [0.2, 0.25) is 0 Å². The number of hydrogen-bond donors (Lipinski definition) is 1. The lowest BCUT2D eigenvalue weighted by Crippen LogP contribution is -2.46. The Morgan fingerprint density at radius 2 is 1.76 bits per heavy atom. The van der Waals surface area contributed by atoms with Crippen molar-refractivity contribution < 1.29 is 17.2 Å². The van der Waals surface area contributed by atoms with Crippen molar-refractivity contribution in [3.63, 3.8) is 0 Å². The highest BCUT2D eigenvalue weighted by atomic mass is 32.2. The maximum Gasteiger partial charge on any atom is 0.350 e. The van der Waals surface area contributed by atoms with Crippen molar-refractivity contribution in [3.8, 4) is 0 Å². The van der Waals surface area contributed by atoms with Crippen LogP contribution in [0.4, 0.5) is 8.78 Å². The third-order valence-electron chi connectivity index (χ3n) is 5.08. The highest BCUT2D eigenvalue weighted by Gasteiger charge is 2.34. The molecular weight excluding hydrogens is 350 g/mol. The standard InChI is InChI=1S/C16H30F2N4O2S/c1-3-19-16(21-8-4-13(2)5-9-21)20-12-14-6-10-22(11-7-14)25(23,24)15(17)18/h13-15H,3-12H2,1-2H3,(H,19,20). The lowest BCUT2D eigenvalue weighted by Gasteiger charge is -2.34. The van der Waals surface area contributed by atoms with Gasteiger partial charge in [-0.1, -0.05) is 6.92 Å². The first-order chi connectivity index (χ1) is 11.8. The number of guanidine groups is 1. The Hall–Kier alpha value is -0.960. The van der Waals surface area contributed by atoms with E-state index in [1.807, 2.05) is 6.92 Å². The predicted molar refractivity (Wildman–Crippen MR) is 95.2 cm³/mol. The molecule has 0 unspecified atom stereocenters. The number of sulfonamides is 1. The van der Waals surface area contributed by atoms with E-state index in [2.05, 4.69) is 17.1 Å². The second-order valence-corrected chi connectivity index (χ2v) is 8.91. The normalized spacial score (nSPS) is 22.6. The van der Waals surface area contributed by atoms with Crippen molar-refractivity contribution in [1.29, 1.82) is 0 Å². The van der Waals surface area contributed by atoms with Crippen molar-refractivity contribution >= 4 is 16.0 Å². The van der Waals surface area contributed by atoms with Crippen LogP contribution >= 0.6 is 0 Å². The number of alkyl halides is 2. The van der Waals surface area contributed by atoms with Crippen LogP contribution in [0.5, 0.6) is 0 Å². The van der Waals surface area contributed by atoms with Crippen LogP contribution in [0.1, 0.15) is 39.5 Å². The minimum Gasteiger partial charge on any atom is -0.357 e. The first-order valence-electron chi connectivity index (χ1n) is 9.15. The third kappa shape index (κ3) is 5.51. The average Bonchev–Trinajstić information content (AvgIpc) is 2.59. The molecule has 146 valence electrons. The van der Waals surface area contributed by atoms with E-state index < -0.39 is 15.8 Å². The van der Waals surface area contributed by atoms with E-state index in [9.17, 15) is 17.2 Å². The summed E-state index contributed by atoms with van der Waals surface area (Å²) >= 11 is 0. The van der Waals surface area contributed by atoms with Crippen molar-refractivity contribution in [2.45, 2.75) is 45.3 Å². The molecule has 6 nitrogen and oxygen atoms in total. The van der Waals surface area contributed by atoms with Crippen molar-refractivity contribution in [2.75, 3.05) is 39.3 Å². The van der Waals surface area contributed by atoms with Crippen LogP contribution in [-0.4, -0.2) is 68.6 Å². The van der Waals surface area contributed by atoms with Gasteiger partial charge in [-0.2, -0.15) is 13.1 Å². The van der Waals surface area contributed by atoms with Gasteiger partial charge in [0.15, 0.2) is 5.96 Å². The maximum absolute atomic E-state index is 12.6. The molecule has 2 aliphatic rings. The molecule has 0 atom stereocenters. The summed E-state index contributed by atoms with van der Waals surface area (Å²) in [6.45, 7) is 8.02. The molecule has 0 spiro atoms. The van der Waals surface area contributed by atoms with Crippen LogP contribution in [0.15, 0.2) is 4.99 Å². The molecule has 2 rings (SSSR count). The van der Waals surface area contributed by atoms with Gasteiger partial charge in [-0.25, -0.2) is 8.42 Å². The molecule has 2 heterocycles. The van der Waals surface area contributed by atoms with Gasteiger partial charge in [-0.15, -0.1) is 0 Å². The number of nitrogens with one attached hydrogen (secondary N) is 1. The van der Waals surface area contributed by atoms with Gasteiger partial charge in [-0.3, -0.25) is 4.99 Å². The molecule has 0 saturated carbocycles. The SMILES string of the molecule is CCNC(=NCC1CCN(S(=O)(=O)C(F)F)CC1)N1CCC(C)CC1. The molecule has 2 saturated heterocycles. The summed E-state index contributed by atoms with van der Waals surface area (Å²) in [5.41, 5.74) is 0. The lowest BCUT2D eigenvalue weighted by atomic mass is 9.98. The maximum atomic E-state index is 12.6. The summed E-state index contributed by atoms with van der Waals surface area (Å²) in [6.07, 6.45) is 3.47. The Morgan fingerprint density at radius 3 is 2.28 bits per heavy atom. The molecule has 0 aromatic carbocycles. The fourth-order valence-corrected chi connectivity index (χ4v) is 4.27. The van der Waals surface area contributed by atoms with Crippen LogP contribution in [0.3, 0.4) is 0 Å². The van der Waals surface area contributed by atoms with Crippen LogP contribution in [0.25, 0.3) is 0 Å². The van der Waals surface area contributed by atoms with E-state index in [4.69, 9.17) is 4.99 Å². The zero-order valence-electron chi connectivity index (χ0n) is 15.1. The van der Waals surface area contributed by atoms with Crippen LogP contribution < -0.4 is 5.32 Å². The van der Waals surface area contributed by atoms with Gasteiger partial charge >= 0.3 is 5.76 Å². The Bertz CT molecular complexity index is 540. The van der Waals surface area contributed by atoms with Gasteiger partial charge in [0, 0.05) is 39.3 Å². The second-order valence-electron chi connectivity index (χ2n) is 7.01. The molecule has 0 aromatic heterocycles. The summed E-state index contributed by atoms with van der Waals surface area (Å²) < 4.78 is 49.1. The molecule has 0 radical (unpaired) electrons. The first-order valence-corrected chi connectivity index (χ1v) is 10.6. The molecule has 25 heavy (non-hydrogen) atoms. The fourth-order valence-electron chi connectivity index (χ4n) is 3.32. The Labute approximate surface area is 149 Å². The number of likely N-dealkylation sites (tertiary alicyclic amines) is 1. The summed E-state index contributed by atoms with van der Waals surface area (Å²) in [5.74, 6) is -1.43. The van der Waals surface area contributed by atoms with Crippen molar-refractivity contribution in [2.24, 2.45) is 16.8 Å². The van der Waals surface area contributed by atoms with E-state index in [0.29, 0.717) is 19.4 Å². The molecule has 0 aliphatic carbocycles. The second kappa shape index (κ2) is 9.12. The predicted octanol–water partition coefficient (Wildman–Crippen LogP) is 1.95. The van der Waals surface area contributed by atoms with Gasteiger partial charge in [0.05, 0.1) is 0 Å². The van der Waals surface area contributed by atoms with E-state index in [1.165, 1.54) is 0 Å². The topological polar surface area (TPSA) is 65.0 Å². The third-order valence-corrected chi connectivity index (χ3v) is 6.61. The number of halogens is 2. The molecule has 2 fully saturated rings. The summed E-state index contributed by atoms with van der Waals surface area (Å²) in [6, 6.07) is 0. The van der Waals surface area contributed by atoms with E-state index >= 15 is 0 Å². The summed E-state index contributed by atoms with van der Waals surface area (Å²) in [7, 11) is -4.44. The number of hydrogen-bond acceptors (Lipinski definition) is 3. The van der Waals surface area contributed by atoms with Crippen LogP contribution in [-0.2, 0) is 10.0 Å². The molecule has 0 amide bonds. The molecule has 1 N–H and O–H groups in total. The number of nitrogens with zero attached hydrogens (tertiary/aromatic N) is 3. The van der Waals surface area contributed by atoms with E-state index in [0.717, 1.165) is 48.7 Å². The van der Waals surface area contributed by atoms with Gasteiger partial charge in [0.25, 0.3) is 10.0 Å². The molecular formula is C16H30F2N4O2S. The van der Waals surface area contributed by atoms with Crippen molar-refractivity contribution in [3.05, 3.63) is 0 Å². The Kier molecular flexibility index (Phi) is 7.42.